The summed E-state index contributed by atoms with van der Waals surface area (Å²) in [6.07, 6.45) is 6.56. The lowest BCUT2D eigenvalue weighted by molar-refractivity contribution is -0.00651. The fraction of sp³-hybridized carbons (Fsp3) is 0.929. The fourth-order valence-electron chi connectivity index (χ4n) is 2.55. The fourth-order valence-corrected chi connectivity index (χ4v) is 2.55. The Morgan fingerprint density at radius 2 is 1.95 bits per heavy atom. The average molecular weight is 272 g/mol. The summed E-state index contributed by atoms with van der Waals surface area (Å²) in [5.74, 6) is 5.91. The molecule has 19 heavy (non-hydrogen) atoms. The van der Waals surface area contributed by atoms with Gasteiger partial charge in [-0.25, -0.2) is 10.7 Å². The standard InChI is InChI=1S/C14H28N2O3/c1-14(2,3)18-13(17)16-10-9-12(19-15)11-7-5-4-6-8-11/h11-12H,4-10,15H2,1-3H3,(H,16,17). The molecule has 0 aromatic carbocycles. The van der Waals surface area contributed by atoms with Crippen molar-refractivity contribution in [1.29, 1.82) is 0 Å². The Hall–Kier alpha value is -0.810. The lowest BCUT2D eigenvalue weighted by atomic mass is 9.84. The molecular weight excluding hydrogens is 244 g/mol. The third kappa shape index (κ3) is 6.78. The summed E-state index contributed by atoms with van der Waals surface area (Å²) in [6.45, 7) is 6.08. The molecule has 0 aromatic rings. The summed E-state index contributed by atoms with van der Waals surface area (Å²) in [7, 11) is 0. The van der Waals surface area contributed by atoms with Gasteiger partial charge in [0.05, 0.1) is 6.10 Å². The second-order valence-electron chi connectivity index (χ2n) is 6.29. The Labute approximate surface area is 116 Å². The summed E-state index contributed by atoms with van der Waals surface area (Å²) in [5.41, 5.74) is -0.461. The van der Waals surface area contributed by atoms with Crippen LogP contribution < -0.4 is 11.2 Å². The van der Waals surface area contributed by atoms with Crippen LogP contribution in [0.15, 0.2) is 0 Å². The van der Waals surface area contributed by atoms with Gasteiger partial charge in [0.2, 0.25) is 0 Å². The largest absolute Gasteiger partial charge is 0.444 e. The highest BCUT2D eigenvalue weighted by atomic mass is 16.6. The van der Waals surface area contributed by atoms with E-state index in [0.717, 1.165) is 6.42 Å². The molecule has 0 spiro atoms. The number of ether oxygens (including phenoxy) is 1. The first-order valence-electron chi connectivity index (χ1n) is 7.25. The van der Waals surface area contributed by atoms with E-state index in [1.165, 1.54) is 32.1 Å². The minimum Gasteiger partial charge on any atom is -0.444 e. The molecule has 1 unspecified atom stereocenters. The normalized spacial score (nSPS) is 18.9. The molecule has 112 valence electrons. The van der Waals surface area contributed by atoms with Crippen LogP contribution in [-0.2, 0) is 9.57 Å². The van der Waals surface area contributed by atoms with Crippen molar-refractivity contribution in [3.8, 4) is 0 Å². The number of nitrogens with two attached hydrogens (primary N) is 1. The van der Waals surface area contributed by atoms with E-state index in [2.05, 4.69) is 5.32 Å². The van der Waals surface area contributed by atoms with E-state index in [9.17, 15) is 4.79 Å². The van der Waals surface area contributed by atoms with Gasteiger partial charge in [-0.1, -0.05) is 19.3 Å². The maximum atomic E-state index is 11.5. The number of amides is 1. The van der Waals surface area contributed by atoms with E-state index < -0.39 is 5.60 Å². The third-order valence-corrected chi connectivity index (χ3v) is 3.45. The molecular formula is C14H28N2O3. The van der Waals surface area contributed by atoms with Crippen LogP contribution in [0.25, 0.3) is 0 Å². The van der Waals surface area contributed by atoms with Crippen molar-refractivity contribution in [2.24, 2.45) is 11.8 Å². The minimum atomic E-state index is -0.461. The second-order valence-corrected chi connectivity index (χ2v) is 6.29. The number of rotatable bonds is 5. The zero-order valence-corrected chi connectivity index (χ0v) is 12.4. The summed E-state index contributed by atoms with van der Waals surface area (Å²) in [5, 5.41) is 2.75. The molecule has 1 atom stereocenters. The Morgan fingerprint density at radius 3 is 2.47 bits per heavy atom. The van der Waals surface area contributed by atoms with Crippen LogP contribution in [0.1, 0.15) is 59.3 Å². The molecule has 0 heterocycles. The van der Waals surface area contributed by atoms with Gasteiger partial charge >= 0.3 is 6.09 Å². The number of alkyl carbamates (subject to hydrolysis) is 1. The lowest BCUT2D eigenvalue weighted by Crippen LogP contribution is -2.36. The quantitative estimate of drug-likeness (QED) is 0.755. The highest BCUT2D eigenvalue weighted by molar-refractivity contribution is 5.67. The summed E-state index contributed by atoms with van der Waals surface area (Å²) < 4.78 is 5.18. The Bertz CT molecular complexity index is 270. The predicted molar refractivity (Wildman–Crippen MR) is 74.5 cm³/mol. The first kappa shape index (κ1) is 16.2. The van der Waals surface area contributed by atoms with E-state index >= 15 is 0 Å². The maximum Gasteiger partial charge on any atom is 0.407 e. The van der Waals surface area contributed by atoms with Crippen molar-refractivity contribution in [3.05, 3.63) is 0 Å². The predicted octanol–water partition coefficient (Wildman–Crippen LogP) is 2.74. The molecule has 0 aliphatic heterocycles. The SMILES string of the molecule is CC(C)(C)OC(=O)NCCC(ON)C1CCCCC1. The van der Waals surface area contributed by atoms with Gasteiger partial charge in [0, 0.05) is 6.54 Å². The molecule has 3 N–H and O–H groups in total. The number of hydrogen-bond donors (Lipinski definition) is 2. The Morgan fingerprint density at radius 1 is 1.32 bits per heavy atom. The lowest BCUT2D eigenvalue weighted by Gasteiger charge is -2.28. The van der Waals surface area contributed by atoms with E-state index in [1.54, 1.807) is 0 Å². The van der Waals surface area contributed by atoms with Crippen molar-refractivity contribution in [2.75, 3.05) is 6.54 Å². The van der Waals surface area contributed by atoms with Crippen molar-refractivity contribution < 1.29 is 14.4 Å². The zero-order chi connectivity index (χ0) is 14.3. The highest BCUT2D eigenvalue weighted by Crippen LogP contribution is 2.28. The average Bonchev–Trinajstić information content (AvgIpc) is 2.33. The Kier molecular flexibility index (Phi) is 6.58. The van der Waals surface area contributed by atoms with Crippen LogP contribution in [0.4, 0.5) is 4.79 Å². The zero-order valence-electron chi connectivity index (χ0n) is 12.4. The van der Waals surface area contributed by atoms with Crippen LogP contribution in [0.3, 0.4) is 0 Å². The first-order valence-corrected chi connectivity index (χ1v) is 7.25. The molecule has 5 nitrogen and oxygen atoms in total. The van der Waals surface area contributed by atoms with Crippen LogP contribution in [0, 0.1) is 5.92 Å². The molecule has 1 amide bonds. The van der Waals surface area contributed by atoms with Gasteiger partial charge < -0.3 is 14.9 Å². The van der Waals surface area contributed by atoms with Gasteiger partial charge in [-0.3, -0.25) is 0 Å². The maximum absolute atomic E-state index is 11.5. The van der Waals surface area contributed by atoms with E-state index in [0.29, 0.717) is 12.5 Å². The molecule has 0 radical (unpaired) electrons. The van der Waals surface area contributed by atoms with Gasteiger partial charge in [-0.15, -0.1) is 0 Å². The molecule has 1 fully saturated rings. The molecule has 1 aliphatic rings. The van der Waals surface area contributed by atoms with Crippen molar-refractivity contribution in [3.63, 3.8) is 0 Å². The first-order chi connectivity index (χ1) is 8.92. The molecule has 1 rings (SSSR count). The van der Waals surface area contributed by atoms with Crippen molar-refractivity contribution in [1.82, 2.24) is 5.32 Å². The summed E-state index contributed by atoms with van der Waals surface area (Å²) in [4.78, 5) is 16.6. The third-order valence-electron chi connectivity index (χ3n) is 3.45. The molecule has 0 bridgehead atoms. The van der Waals surface area contributed by atoms with Gasteiger partial charge in [0.15, 0.2) is 0 Å². The van der Waals surface area contributed by atoms with E-state index in [1.807, 2.05) is 20.8 Å². The Balaban J connectivity index is 2.23. The molecule has 0 aromatic heterocycles. The monoisotopic (exact) mass is 272 g/mol. The smallest absolute Gasteiger partial charge is 0.407 e. The summed E-state index contributed by atoms with van der Waals surface area (Å²) in [6, 6.07) is 0. The minimum absolute atomic E-state index is 0.0373. The van der Waals surface area contributed by atoms with Crippen molar-refractivity contribution in [2.45, 2.75) is 71.0 Å². The molecule has 1 aliphatic carbocycles. The van der Waals surface area contributed by atoms with E-state index in [-0.39, 0.29) is 12.2 Å². The number of hydrogen-bond acceptors (Lipinski definition) is 4. The summed E-state index contributed by atoms with van der Waals surface area (Å²) >= 11 is 0. The topological polar surface area (TPSA) is 73.6 Å². The molecule has 0 saturated heterocycles. The number of carbonyl (C=O) groups is 1. The number of carbonyl (C=O) groups excluding carboxylic acids is 1. The second kappa shape index (κ2) is 7.70. The highest BCUT2D eigenvalue weighted by Gasteiger charge is 2.24. The van der Waals surface area contributed by atoms with Crippen molar-refractivity contribution >= 4 is 6.09 Å². The van der Waals surface area contributed by atoms with Crippen LogP contribution >= 0.6 is 0 Å². The molecule has 5 heteroatoms. The van der Waals surface area contributed by atoms with Crippen LogP contribution in [0.2, 0.25) is 0 Å². The number of nitrogens with one attached hydrogen (secondary N) is 1. The van der Waals surface area contributed by atoms with Gasteiger partial charge in [0.1, 0.15) is 5.60 Å². The molecule has 1 saturated carbocycles. The van der Waals surface area contributed by atoms with Crippen LogP contribution in [0.5, 0.6) is 0 Å². The van der Waals surface area contributed by atoms with E-state index in [4.69, 9.17) is 15.5 Å². The van der Waals surface area contributed by atoms with Crippen LogP contribution in [-0.4, -0.2) is 24.3 Å². The van der Waals surface area contributed by atoms with Gasteiger partial charge in [-0.05, 0) is 46.0 Å². The van der Waals surface area contributed by atoms with Gasteiger partial charge in [-0.2, -0.15) is 0 Å². The van der Waals surface area contributed by atoms with Gasteiger partial charge in [0.25, 0.3) is 0 Å².